The number of carbonyl (C=O) groups is 2. The van der Waals surface area contributed by atoms with E-state index in [0.717, 1.165) is 12.8 Å². The molecule has 0 bridgehead atoms. The maximum Gasteiger partial charge on any atom is 0.246 e. The van der Waals surface area contributed by atoms with Crippen LogP contribution in [0, 0.1) is 5.92 Å². The summed E-state index contributed by atoms with van der Waals surface area (Å²) in [5.74, 6) is 0.505. The molecule has 0 spiro atoms. The van der Waals surface area contributed by atoms with Crippen LogP contribution in [0.3, 0.4) is 0 Å². The van der Waals surface area contributed by atoms with Gasteiger partial charge in [0, 0.05) is 0 Å². The highest BCUT2D eigenvalue weighted by Gasteiger charge is 2.55. The second-order valence-corrected chi connectivity index (χ2v) is 5.28. The van der Waals surface area contributed by atoms with Crippen molar-refractivity contribution in [3.05, 3.63) is 5.82 Å². The minimum Gasteiger partial charge on any atom is -0.345 e. The molecule has 2 heterocycles. The summed E-state index contributed by atoms with van der Waals surface area (Å²) in [6.07, 6.45) is 1.95. The lowest BCUT2D eigenvalue weighted by Gasteiger charge is -2.43. The van der Waals surface area contributed by atoms with Crippen molar-refractivity contribution in [3.8, 4) is 0 Å². The summed E-state index contributed by atoms with van der Waals surface area (Å²) in [5, 5.41) is 14.4. The van der Waals surface area contributed by atoms with Gasteiger partial charge in [-0.1, -0.05) is 0 Å². The minimum absolute atomic E-state index is 0.0431. The summed E-state index contributed by atoms with van der Waals surface area (Å²) in [7, 11) is 1.67. The number of aryl methyl sites for hydroxylation is 1. The first kappa shape index (κ1) is 12.1. The zero-order valence-corrected chi connectivity index (χ0v) is 11.0. The van der Waals surface area contributed by atoms with Gasteiger partial charge in [-0.3, -0.25) is 9.59 Å². The molecule has 102 valence electrons. The van der Waals surface area contributed by atoms with Gasteiger partial charge in [-0.2, -0.15) is 4.80 Å². The Morgan fingerprint density at radius 1 is 1.42 bits per heavy atom. The third-order valence-corrected chi connectivity index (χ3v) is 3.94. The van der Waals surface area contributed by atoms with Gasteiger partial charge in [-0.05, 0) is 30.9 Å². The molecule has 8 heteroatoms. The fourth-order valence-corrected chi connectivity index (χ4v) is 2.64. The lowest BCUT2D eigenvalue weighted by Crippen LogP contribution is -2.66. The van der Waals surface area contributed by atoms with Crippen LogP contribution in [0.2, 0.25) is 0 Å². The van der Waals surface area contributed by atoms with Gasteiger partial charge in [0.05, 0.1) is 20.1 Å². The molecule has 1 aromatic rings. The van der Waals surface area contributed by atoms with Crippen molar-refractivity contribution in [2.24, 2.45) is 13.0 Å². The van der Waals surface area contributed by atoms with Gasteiger partial charge in [0.15, 0.2) is 5.82 Å². The average Bonchev–Trinajstić information content (AvgIpc) is 3.15. The largest absolute Gasteiger partial charge is 0.345 e. The molecule has 1 atom stereocenters. The Kier molecular flexibility index (Phi) is 2.54. The molecule has 0 radical (unpaired) electrons. The van der Waals surface area contributed by atoms with E-state index in [4.69, 9.17) is 0 Å². The highest BCUT2D eigenvalue weighted by Crippen LogP contribution is 2.44. The minimum atomic E-state index is -0.783. The average molecular weight is 264 g/mol. The molecule has 1 aliphatic carbocycles. The maximum atomic E-state index is 12.2. The van der Waals surface area contributed by atoms with Crippen molar-refractivity contribution < 1.29 is 9.59 Å². The van der Waals surface area contributed by atoms with Crippen molar-refractivity contribution in [1.82, 2.24) is 30.4 Å². The van der Waals surface area contributed by atoms with E-state index in [1.807, 2.05) is 6.92 Å². The second kappa shape index (κ2) is 4.01. The van der Waals surface area contributed by atoms with E-state index in [2.05, 4.69) is 20.7 Å². The van der Waals surface area contributed by atoms with Gasteiger partial charge < -0.3 is 10.2 Å². The lowest BCUT2D eigenvalue weighted by molar-refractivity contribution is -0.155. The quantitative estimate of drug-likeness (QED) is 0.743. The number of hydrogen-bond donors (Lipinski definition) is 1. The van der Waals surface area contributed by atoms with Crippen LogP contribution >= 0.6 is 0 Å². The lowest BCUT2D eigenvalue weighted by atomic mass is 9.90. The van der Waals surface area contributed by atoms with E-state index in [1.165, 1.54) is 4.80 Å². The first-order valence-corrected chi connectivity index (χ1v) is 6.33. The Balaban J connectivity index is 1.90. The molecule has 2 fully saturated rings. The molecule has 0 aromatic carbocycles. The molecular formula is C11H16N6O2. The fraction of sp³-hybridized carbons (Fsp3) is 0.727. The summed E-state index contributed by atoms with van der Waals surface area (Å²) in [6, 6.07) is 0. The van der Waals surface area contributed by atoms with Crippen molar-refractivity contribution in [3.63, 3.8) is 0 Å². The van der Waals surface area contributed by atoms with Gasteiger partial charge >= 0.3 is 0 Å². The predicted octanol–water partition coefficient (Wildman–Crippen LogP) is -1.16. The molecule has 1 aliphatic heterocycles. The standard InChI is InChI=1S/C11H16N6O2/c1-11(7-3-4-7)10(19)12-5-9(18)17(11)6-8-13-15-16(2)14-8/h7H,3-6H2,1-2H3,(H,12,19). The number of amides is 2. The molecule has 2 amide bonds. The highest BCUT2D eigenvalue weighted by molar-refractivity contribution is 5.98. The number of nitrogens with one attached hydrogen (secondary N) is 1. The molecule has 3 rings (SSSR count). The van der Waals surface area contributed by atoms with Gasteiger partial charge in [-0.15, -0.1) is 10.2 Å². The Hall–Kier alpha value is -1.99. The van der Waals surface area contributed by atoms with Crippen molar-refractivity contribution in [1.29, 1.82) is 0 Å². The van der Waals surface area contributed by atoms with Gasteiger partial charge in [0.1, 0.15) is 5.54 Å². The summed E-state index contributed by atoms with van der Waals surface area (Å²) < 4.78 is 0. The number of tetrazole rings is 1. The van der Waals surface area contributed by atoms with Gasteiger partial charge in [0.25, 0.3) is 0 Å². The molecular weight excluding hydrogens is 248 g/mol. The van der Waals surface area contributed by atoms with Crippen LogP contribution in [-0.2, 0) is 23.2 Å². The molecule has 1 saturated heterocycles. The Morgan fingerprint density at radius 3 is 2.74 bits per heavy atom. The first-order chi connectivity index (χ1) is 9.01. The van der Waals surface area contributed by atoms with Gasteiger partial charge in [-0.25, -0.2) is 0 Å². The van der Waals surface area contributed by atoms with Crippen molar-refractivity contribution >= 4 is 11.8 Å². The number of carbonyl (C=O) groups excluding carboxylic acids is 2. The zero-order chi connectivity index (χ0) is 13.6. The Morgan fingerprint density at radius 2 is 2.16 bits per heavy atom. The SMILES string of the molecule is Cn1nnc(CN2C(=O)CNC(=O)C2(C)C2CC2)n1. The Labute approximate surface area is 110 Å². The number of rotatable bonds is 3. The van der Waals surface area contributed by atoms with E-state index in [-0.39, 0.29) is 30.8 Å². The Bertz CT molecular complexity index is 537. The van der Waals surface area contributed by atoms with Crippen molar-refractivity contribution in [2.75, 3.05) is 6.54 Å². The van der Waals surface area contributed by atoms with E-state index in [1.54, 1.807) is 11.9 Å². The molecule has 8 nitrogen and oxygen atoms in total. The van der Waals surface area contributed by atoms with Crippen LogP contribution in [0.1, 0.15) is 25.6 Å². The zero-order valence-electron chi connectivity index (χ0n) is 11.0. The monoisotopic (exact) mass is 264 g/mol. The molecule has 1 saturated carbocycles. The highest BCUT2D eigenvalue weighted by atomic mass is 16.2. The topological polar surface area (TPSA) is 93.0 Å². The van der Waals surface area contributed by atoms with Crippen LogP contribution in [-0.4, -0.2) is 49.0 Å². The van der Waals surface area contributed by atoms with E-state index in [9.17, 15) is 9.59 Å². The maximum absolute atomic E-state index is 12.2. The van der Waals surface area contributed by atoms with Crippen LogP contribution < -0.4 is 5.32 Å². The summed E-state index contributed by atoms with van der Waals surface area (Å²) in [4.78, 5) is 27.3. The first-order valence-electron chi connectivity index (χ1n) is 6.33. The predicted molar refractivity (Wildman–Crippen MR) is 63.5 cm³/mol. The van der Waals surface area contributed by atoms with E-state index >= 15 is 0 Å². The van der Waals surface area contributed by atoms with Crippen LogP contribution in [0.15, 0.2) is 0 Å². The molecule has 1 unspecified atom stereocenters. The molecule has 2 aliphatic rings. The number of nitrogens with zero attached hydrogens (tertiary/aromatic N) is 5. The number of aromatic nitrogens is 4. The van der Waals surface area contributed by atoms with E-state index < -0.39 is 5.54 Å². The molecule has 1 N–H and O–H groups in total. The third kappa shape index (κ3) is 1.87. The fourth-order valence-electron chi connectivity index (χ4n) is 2.64. The van der Waals surface area contributed by atoms with Gasteiger partial charge in [0.2, 0.25) is 11.8 Å². The molecule has 1 aromatic heterocycles. The summed E-state index contributed by atoms with van der Waals surface area (Å²) in [6.45, 7) is 2.10. The van der Waals surface area contributed by atoms with Crippen LogP contribution in [0.5, 0.6) is 0 Å². The van der Waals surface area contributed by atoms with Crippen LogP contribution in [0.4, 0.5) is 0 Å². The van der Waals surface area contributed by atoms with Crippen LogP contribution in [0.25, 0.3) is 0 Å². The number of hydrogen-bond acceptors (Lipinski definition) is 5. The molecule has 19 heavy (non-hydrogen) atoms. The third-order valence-electron chi connectivity index (χ3n) is 3.94. The number of piperazine rings is 1. The summed E-state index contributed by atoms with van der Waals surface area (Å²) >= 11 is 0. The van der Waals surface area contributed by atoms with Crippen molar-refractivity contribution in [2.45, 2.75) is 31.8 Å². The summed E-state index contributed by atoms with van der Waals surface area (Å²) in [5.41, 5.74) is -0.783. The smallest absolute Gasteiger partial charge is 0.246 e. The normalized spacial score (nSPS) is 27.6. The second-order valence-electron chi connectivity index (χ2n) is 5.28. The van der Waals surface area contributed by atoms with E-state index in [0.29, 0.717) is 5.82 Å².